The maximum atomic E-state index is 10.9. The average Bonchev–Trinajstić information content (AvgIpc) is 2.59. The summed E-state index contributed by atoms with van der Waals surface area (Å²) in [5.74, 6) is 0.386. The van der Waals surface area contributed by atoms with Crippen LogP contribution in [0.4, 0.5) is 17.2 Å². The first-order valence-corrected chi connectivity index (χ1v) is 8.16. The highest BCUT2D eigenvalue weighted by Gasteiger charge is 2.08. The highest BCUT2D eigenvalue weighted by atomic mass is 32.2. The van der Waals surface area contributed by atoms with Crippen molar-refractivity contribution in [2.45, 2.75) is 11.8 Å². The number of benzene rings is 1. The van der Waals surface area contributed by atoms with Gasteiger partial charge in [-0.05, 0) is 29.1 Å². The van der Waals surface area contributed by atoms with E-state index in [2.05, 4.69) is 20.5 Å². The van der Waals surface area contributed by atoms with Crippen LogP contribution in [0.5, 0.6) is 0 Å². The number of nitrogens with zero attached hydrogens (tertiary/aromatic N) is 3. The molecule has 0 amide bonds. The van der Waals surface area contributed by atoms with Crippen molar-refractivity contribution in [3.63, 3.8) is 0 Å². The molecule has 8 heteroatoms. The van der Waals surface area contributed by atoms with E-state index in [1.165, 1.54) is 18.0 Å². The Kier molecular flexibility index (Phi) is 6.92. The summed E-state index contributed by atoms with van der Waals surface area (Å²) in [5, 5.41) is 6.62. The number of aromatic nitrogens is 2. The molecule has 0 aliphatic rings. The van der Waals surface area contributed by atoms with Gasteiger partial charge in [0.2, 0.25) is 0 Å². The van der Waals surface area contributed by atoms with Gasteiger partial charge in [0.05, 0.1) is 26.0 Å². The lowest BCUT2D eigenvalue weighted by Crippen LogP contribution is -2.02. The molecule has 7 nitrogen and oxygen atoms in total. The molecule has 0 radical (unpaired) electrons. The van der Waals surface area contributed by atoms with Crippen LogP contribution in [0, 0.1) is 4.91 Å². The predicted octanol–water partition coefficient (Wildman–Crippen LogP) is 3.50. The van der Waals surface area contributed by atoms with Crippen LogP contribution in [0.25, 0.3) is 0 Å². The lowest BCUT2D eigenvalue weighted by atomic mass is 10.2. The maximum absolute atomic E-state index is 10.9. The average molecular weight is 334 g/mol. The standard InChI is InChI=1S/C15H18N4O3S/c1-21-6-7-22-10-11-4-3-5-12(8-11)17-14-13(19-20)9-16-15(18-14)23-2/h3-5,8-9H,6-7,10H2,1-2H3,(H,16,17,18). The summed E-state index contributed by atoms with van der Waals surface area (Å²) in [6.07, 6.45) is 3.27. The molecule has 122 valence electrons. The number of thioether (sulfide) groups is 1. The SMILES string of the molecule is COCCOCc1cccc(Nc2nc(SC)ncc2N=O)c1. The summed E-state index contributed by atoms with van der Waals surface area (Å²) >= 11 is 1.39. The van der Waals surface area contributed by atoms with Crippen LogP contribution >= 0.6 is 11.8 Å². The molecule has 0 fully saturated rings. The van der Waals surface area contributed by atoms with E-state index in [9.17, 15) is 4.91 Å². The van der Waals surface area contributed by atoms with Gasteiger partial charge >= 0.3 is 0 Å². The Hall–Kier alpha value is -2.03. The number of rotatable bonds is 9. The molecule has 2 rings (SSSR count). The van der Waals surface area contributed by atoms with Crippen LogP contribution in [0.1, 0.15) is 5.56 Å². The van der Waals surface area contributed by atoms with E-state index in [4.69, 9.17) is 9.47 Å². The van der Waals surface area contributed by atoms with Crippen LogP contribution in [0.2, 0.25) is 0 Å². The van der Waals surface area contributed by atoms with Crippen LogP contribution in [-0.4, -0.2) is 36.5 Å². The number of nitrogens with one attached hydrogen (secondary N) is 1. The van der Waals surface area contributed by atoms with Gasteiger partial charge in [0.1, 0.15) is 0 Å². The molecule has 2 aromatic rings. The maximum Gasteiger partial charge on any atom is 0.189 e. The third-order valence-electron chi connectivity index (χ3n) is 2.92. The van der Waals surface area contributed by atoms with Gasteiger partial charge < -0.3 is 14.8 Å². The van der Waals surface area contributed by atoms with Crippen molar-refractivity contribution in [1.82, 2.24) is 9.97 Å². The van der Waals surface area contributed by atoms with Crippen molar-refractivity contribution in [3.05, 3.63) is 40.9 Å². The quantitative estimate of drug-likeness (QED) is 0.325. The van der Waals surface area contributed by atoms with E-state index in [1.54, 1.807) is 7.11 Å². The second kappa shape index (κ2) is 9.19. The highest BCUT2D eigenvalue weighted by molar-refractivity contribution is 7.98. The number of nitroso groups, excluding NO2 is 1. The van der Waals surface area contributed by atoms with E-state index >= 15 is 0 Å². The molecule has 23 heavy (non-hydrogen) atoms. The van der Waals surface area contributed by atoms with E-state index in [0.29, 0.717) is 30.8 Å². The Labute approximate surface area is 138 Å². The van der Waals surface area contributed by atoms with Crippen LogP contribution in [0.3, 0.4) is 0 Å². The molecule has 1 N–H and O–H groups in total. The van der Waals surface area contributed by atoms with Gasteiger partial charge in [0.25, 0.3) is 0 Å². The summed E-state index contributed by atoms with van der Waals surface area (Å²) in [4.78, 5) is 19.2. The third kappa shape index (κ3) is 5.27. The minimum atomic E-state index is 0.171. The van der Waals surface area contributed by atoms with E-state index < -0.39 is 0 Å². The molecular formula is C15H18N4O3S. The van der Waals surface area contributed by atoms with Gasteiger partial charge in [-0.1, -0.05) is 23.9 Å². The minimum Gasteiger partial charge on any atom is -0.382 e. The Morgan fingerprint density at radius 1 is 1.35 bits per heavy atom. The fourth-order valence-electron chi connectivity index (χ4n) is 1.82. The van der Waals surface area contributed by atoms with Crippen LogP contribution < -0.4 is 5.32 Å². The molecule has 0 aliphatic carbocycles. The van der Waals surface area contributed by atoms with Crippen molar-refractivity contribution in [3.8, 4) is 0 Å². The van der Waals surface area contributed by atoms with E-state index in [-0.39, 0.29) is 5.69 Å². The van der Waals surface area contributed by atoms with Gasteiger partial charge in [0, 0.05) is 12.8 Å². The van der Waals surface area contributed by atoms with Gasteiger partial charge in [-0.25, -0.2) is 9.97 Å². The first-order chi connectivity index (χ1) is 11.3. The second-order valence-corrected chi connectivity index (χ2v) is 5.33. The third-order valence-corrected chi connectivity index (χ3v) is 3.48. The monoisotopic (exact) mass is 334 g/mol. The van der Waals surface area contributed by atoms with Crippen molar-refractivity contribution in [1.29, 1.82) is 0 Å². The molecule has 0 bridgehead atoms. The van der Waals surface area contributed by atoms with Gasteiger partial charge in [0.15, 0.2) is 16.7 Å². The van der Waals surface area contributed by atoms with Crippen molar-refractivity contribution < 1.29 is 9.47 Å². The first-order valence-electron chi connectivity index (χ1n) is 6.94. The zero-order chi connectivity index (χ0) is 16.5. The van der Waals surface area contributed by atoms with Crippen molar-refractivity contribution >= 4 is 29.0 Å². The summed E-state index contributed by atoms with van der Waals surface area (Å²) in [6.45, 7) is 1.58. The molecule has 1 aromatic heterocycles. The minimum absolute atomic E-state index is 0.171. The fraction of sp³-hybridized carbons (Fsp3) is 0.333. The number of methoxy groups -OCH3 is 1. The lowest BCUT2D eigenvalue weighted by Gasteiger charge is -2.10. The largest absolute Gasteiger partial charge is 0.382 e. The van der Waals surface area contributed by atoms with E-state index in [0.717, 1.165) is 11.3 Å². The molecule has 0 aliphatic heterocycles. The first kappa shape index (κ1) is 17.3. The fourth-order valence-corrected chi connectivity index (χ4v) is 2.16. The number of ether oxygens (including phenoxy) is 2. The Bertz CT molecular complexity index is 654. The molecule has 0 atom stereocenters. The number of hydrogen-bond acceptors (Lipinski definition) is 8. The summed E-state index contributed by atoms with van der Waals surface area (Å²) in [5.41, 5.74) is 1.98. The molecule has 0 saturated carbocycles. The Balaban J connectivity index is 2.09. The van der Waals surface area contributed by atoms with Crippen molar-refractivity contribution in [2.24, 2.45) is 5.18 Å². The van der Waals surface area contributed by atoms with E-state index in [1.807, 2.05) is 30.5 Å². The summed E-state index contributed by atoms with van der Waals surface area (Å²) in [6, 6.07) is 7.68. The Morgan fingerprint density at radius 2 is 2.22 bits per heavy atom. The smallest absolute Gasteiger partial charge is 0.189 e. The molecule has 0 unspecified atom stereocenters. The highest BCUT2D eigenvalue weighted by Crippen LogP contribution is 2.27. The number of anilines is 2. The molecule has 1 aromatic carbocycles. The van der Waals surface area contributed by atoms with Crippen molar-refractivity contribution in [2.75, 3.05) is 31.9 Å². The number of hydrogen-bond donors (Lipinski definition) is 1. The summed E-state index contributed by atoms with van der Waals surface area (Å²) < 4.78 is 10.4. The molecule has 1 heterocycles. The topological polar surface area (TPSA) is 85.7 Å². The molecular weight excluding hydrogens is 316 g/mol. The Morgan fingerprint density at radius 3 is 2.96 bits per heavy atom. The lowest BCUT2D eigenvalue weighted by molar-refractivity contribution is 0.0617. The molecule has 0 spiro atoms. The second-order valence-electron chi connectivity index (χ2n) is 4.55. The predicted molar refractivity (Wildman–Crippen MR) is 90.5 cm³/mol. The zero-order valence-corrected chi connectivity index (χ0v) is 13.8. The normalized spacial score (nSPS) is 10.5. The molecule has 0 saturated heterocycles. The summed E-state index contributed by atoms with van der Waals surface area (Å²) in [7, 11) is 1.64. The van der Waals surface area contributed by atoms with Gasteiger partial charge in [-0.3, -0.25) is 0 Å². The van der Waals surface area contributed by atoms with Crippen LogP contribution in [-0.2, 0) is 16.1 Å². The zero-order valence-electron chi connectivity index (χ0n) is 13.0. The van der Waals surface area contributed by atoms with Crippen LogP contribution in [0.15, 0.2) is 40.8 Å². The van der Waals surface area contributed by atoms with Gasteiger partial charge in [-0.15, -0.1) is 4.91 Å². The van der Waals surface area contributed by atoms with Gasteiger partial charge in [-0.2, -0.15) is 0 Å².